The Kier molecular flexibility index (Phi) is 7.20. The van der Waals surface area contributed by atoms with E-state index >= 15 is 0 Å². The Labute approximate surface area is 127 Å². The molecule has 1 aromatic carbocycles. The predicted octanol–water partition coefficient (Wildman–Crippen LogP) is 3.38. The lowest BCUT2D eigenvalue weighted by molar-refractivity contribution is 0.338. The van der Waals surface area contributed by atoms with Gasteiger partial charge in [0.15, 0.2) is 0 Å². The number of nitrogens with zero attached hydrogens (tertiary/aromatic N) is 1. The number of benzene rings is 1. The molecule has 1 rings (SSSR count). The lowest BCUT2D eigenvalue weighted by Crippen LogP contribution is -2.29. The number of likely N-dealkylation sites (N-methyl/N-ethyl adjacent to an activating group) is 1. The molecule has 0 unspecified atom stereocenters. The Hall–Kier alpha value is -1.45. The molecule has 0 saturated heterocycles. The molecular weight excluding hydrogens is 270 g/mol. The second kappa shape index (κ2) is 8.67. The van der Waals surface area contributed by atoms with E-state index in [1.165, 1.54) is 0 Å². The zero-order valence-electron chi connectivity index (χ0n) is 12.3. The van der Waals surface area contributed by atoms with E-state index in [9.17, 15) is 0 Å². The van der Waals surface area contributed by atoms with Crippen LogP contribution in [0.1, 0.15) is 18.9 Å². The molecule has 3 nitrogen and oxygen atoms in total. The number of nitrogen functional groups attached to an aromatic ring is 1. The molecule has 0 aliphatic carbocycles. The zero-order chi connectivity index (χ0) is 15.0. The van der Waals surface area contributed by atoms with Gasteiger partial charge in [0.25, 0.3) is 0 Å². The number of hydrogen-bond donors (Lipinski definition) is 2. The van der Waals surface area contributed by atoms with Crippen LogP contribution in [0.3, 0.4) is 0 Å². The summed E-state index contributed by atoms with van der Waals surface area (Å²) in [6, 6.07) is 5.53. The van der Waals surface area contributed by atoms with Crippen LogP contribution in [0.25, 0.3) is 5.70 Å². The number of halogens is 1. The maximum Gasteiger partial charge on any atom is 0.0434 e. The van der Waals surface area contributed by atoms with Gasteiger partial charge in [-0.3, -0.25) is 0 Å². The van der Waals surface area contributed by atoms with E-state index in [1.807, 2.05) is 18.2 Å². The van der Waals surface area contributed by atoms with Gasteiger partial charge in [0, 0.05) is 35.1 Å². The summed E-state index contributed by atoms with van der Waals surface area (Å²) in [7, 11) is 2.12. The number of allylic oxidation sites excluding steroid dienone is 2. The molecule has 0 amide bonds. The smallest absolute Gasteiger partial charge is 0.0434 e. The van der Waals surface area contributed by atoms with Gasteiger partial charge in [0.05, 0.1) is 0 Å². The molecule has 0 fully saturated rings. The Morgan fingerprint density at radius 3 is 2.80 bits per heavy atom. The third-order valence-electron chi connectivity index (χ3n) is 3.00. The number of anilines is 1. The first kappa shape index (κ1) is 16.6. The van der Waals surface area contributed by atoms with Crippen LogP contribution in [0.5, 0.6) is 0 Å². The molecule has 0 aliphatic heterocycles. The van der Waals surface area contributed by atoms with Crippen molar-refractivity contribution < 1.29 is 0 Å². The highest BCUT2D eigenvalue weighted by Crippen LogP contribution is 2.23. The first-order chi connectivity index (χ1) is 9.58. The van der Waals surface area contributed by atoms with E-state index in [-0.39, 0.29) is 0 Å². The highest BCUT2D eigenvalue weighted by molar-refractivity contribution is 6.30. The van der Waals surface area contributed by atoms with Crippen molar-refractivity contribution in [3.05, 3.63) is 47.5 Å². The predicted molar refractivity (Wildman–Crippen MR) is 89.8 cm³/mol. The zero-order valence-corrected chi connectivity index (χ0v) is 13.1. The lowest BCUT2D eigenvalue weighted by atomic mass is 10.1. The fraction of sp³-hybridized carbons (Fsp3) is 0.375. The molecule has 0 aromatic heterocycles. The van der Waals surface area contributed by atoms with Crippen LogP contribution < -0.4 is 11.1 Å². The van der Waals surface area contributed by atoms with Crippen molar-refractivity contribution >= 4 is 23.0 Å². The summed E-state index contributed by atoms with van der Waals surface area (Å²) in [5.41, 5.74) is 8.61. The summed E-state index contributed by atoms with van der Waals surface area (Å²) < 4.78 is 0. The summed E-state index contributed by atoms with van der Waals surface area (Å²) in [6.45, 7) is 8.88. The molecule has 4 heteroatoms. The van der Waals surface area contributed by atoms with Crippen LogP contribution in [0, 0.1) is 0 Å². The SMILES string of the molecule is C=C/C=C(/NCCN(C)CCC)c1ccc(Cl)cc1N. The standard InChI is InChI=1S/C16H24ClN3/c1-4-6-16(19-9-11-20(3)10-5-2)14-8-7-13(17)12-15(14)18/h4,6-8,12,19H,1,5,9-11,18H2,2-3H3/b16-6+. The summed E-state index contributed by atoms with van der Waals surface area (Å²) in [6.07, 6.45) is 4.85. The quantitative estimate of drug-likeness (QED) is 0.570. The van der Waals surface area contributed by atoms with Crippen LogP contribution in [0.2, 0.25) is 5.02 Å². The molecule has 0 bridgehead atoms. The molecule has 0 atom stereocenters. The second-order valence-corrected chi connectivity index (χ2v) is 5.21. The monoisotopic (exact) mass is 293 g/mol. The van der Waals surface area contributed by atoms with Gasteiger partial charge in [-0.05, 0) is 44.3 Å². The summed E-state index contributed by atoms with van der Waals surface area (Å²) in [4.78, 5) is 2.30. The normalized spacial score (nSPS) is 11.7. The molecule has 1 aromatic rings. The Bertz CT molecular complexity index is 469. The molecule has 110 valence electrons. The summed E-state index contributed by atoms with van der Waals surface area (Å²) in [5, 5.41) is 4.06. The van der Waals surface area contributed by atoms with Crippen LogP contribution in [0.4, 0.5) is 5.69 Å². The van der Waals surface area contributed by atoms with E-state index in [4.69, 9.17) is 17.3 Å². The second-order valence-electron chi connectivity index (χ2n) is 4.78. The third-order valence-corrected chi connectivity index (χ3v) is 3.24. The van der Waals surface area contributed by atoms with Gasteiger partial charge < -0.3 is 16.0 Å². The van der Waals surface area contributed by atoms with Crippen molar-refractivity contribution in [1.82, 2.24) is 10.2 Å². The number of hydrogen-bond acceptors (Lipinski definition) is 3. The average molecular weight is 294 g/mol. The summed E-state index contributed by atoms with van der Waals surface area (Å²) in [5.74, 6) is 0. The lowest BCUT2D eigenvalue weighted by Gasteiger charge is -2.18. The molecule has 3 N–H and O–H groups in total. The molecule has 0 radical (unpaired) electrons. The molecular formula is C16H24ClN3. The minimum Gasteiger partial charge on any atom is -0.398 e. The minimum absolute atomic E-state index is 0.645. The van der Waals surface area contributed by atoms with Gasteiger partial charge in [0.1, 0.15) is 0 Å². The first-order valence-electron chi connectivity index (χ1n) is 6.89. The van der Waals surface area contributed by atoms with Gasteiger partial charge >= 0.3 is 0 Å². The van der Waals surface area contributed by atoms with Crippen molar-refractivity contribution in [2.45, 2.75) is 13.3 Å². The topological polar surface area (TPSA) is 41.3 Å². The van der Waals surface area contributed by atoms with Gasteiger partial charge in [-0.25, -0.2) is 0 Å². The first-order valence-corrected chi connectivity index (χ1v) is 7.26. The van der Waals surface area contributed by atoms with Crippen molar-refractivity contribution in [2.75, 3.05) is 32.4 Å². The van der Waals surface area contributed by atoms with E-state index < -0.39 is 0 Å². The number of nitrogens with two attached hydrogens (primary N) is 1. The number of rotatable bonds is 8. The highest BCUT2D eigenvalue weighted by Gasteiger charge is 2.06. The third kappa shape index (κ3) is 5.27. The largest absolute Gasteiger partial charge is 0.398 e. The van der Waals surface area contributed by atoms with Crippen molar-refractivity contribution in [3.8, 4) is 0 Å². The Balaban J connectivity index is 2.70. The van der Waals surface area contributed by atoms with E-state index in [0.717, 1.165) is 37.3 Å². The van der Waals surface area contributed by atoms with Crippen LogP contribution in [-0.4, -0.2) is 31.6 Å². The van der Waals surface area contributed by atoms with E-state index in [2.05, 4.69) is 30.8 Å². The molecule has 0 heterocycles. The van der Waals surface area contributed by atoms with Crippen LogP contribution in [0.15, 0.2) is 36.9 Å². The van der Waals surface area contributed by atoms with Gasteiger partial charge in [-0.1, -0.05) is 31.2 Å². The Morgan fingerprint density at radius 1 is 1.45 bits per heavy atom. The summed E-state index contributed by atoms with van der Waals surface area (Å²) >= 11 is 5.93. The maximum absolute atomic E-state index is 6.02. The van der Waals surface area contributed by atoms with Crippen LogP contribution >= 0.6 is 11.6 Å². The fourth-order valence-corrected chi connectivity index (χ4v) is 2.20. The molecule has 0 aliphatic rings. The van der Waals surface area contributed by atoms with E-state index in [1.54, 1.807) is 12.1 Å². The molecule has 0 spiro atoms. The fourth-order valence-electron chi connectivity index (χ4n) is 2.02. The van der Waals surface area contributed by atoms with Crippen molar-refractivity contribution in [3.63, 3.8) is 0 Å². The minimum atomic E-state index is 0.645. The molecule has 0 saturated carbocycles. The van der Waals surface area contributed by atoms with Crippen molar-refractivity contribution in [1.29, 1.82) is 0 Å². The highest BCUT2D eigenvalue weighted by atomic mass is 35.5. The van der Waals surface area contributed by atoms with Gasteiger partial charge in [0.2, 0.25) is 0 Å². The van der Waals surface area contributed by atoms with Gasteiger partial charge in [-0.15, -0.1) is 0 Å². The Morgan fingerprint density at radius 2 is 2.20 bits per heavy atom. The van der Waals surface area contributed by atoms with Crippen molar-refractivity contribution in [2.24, 2.45) is 0 Å². The van der Waals surface area contributed by atoms with Gasteiger partial charge in [-0.2, -0.15) is 0 Å². The maximum atomic E-state index is 6.02. The average Bonchev–Trinajstić information content (AvgIpc) is 2.38. The molecule has 20 heavy (non-hydrogen) atoms. The van der Waals surface area contributed by atoms with E-state index in [0.29, 0.717) is 10.7 Å². The van der Waals surface area contributed by atoms with Crippen LogP contribution in [-0.2, 0) is 0 Å². The number of nitrogens with one attached hydrogen (secondary N) is 1.